The van der Waals surface area contributed by atoms with Crippen molar-refractivity contribution in [3.05, 3.63) is 59.6 Å². The first kappa shape index (κ1) is 44.9. The van der Waals surface area contributed by atoms with E-state index in [1.807, 2.05) is 13.8 Å². The van der Waals surface area contributed by atoms with Gasteiger partial charge in [-0.05, 0) is 108 Å². The third kappa shape index (κ3) is 8.21. The summed E-state index contributed by atoms with van der Waals surface area (Å²) in [6.45, 7) is 8.19. The highest BCUT2D eigenvalue weighted by Gasteiger charge is 2.57. The summed E-state index contributed by atoms with van der Waals surface area (Å²) in [4.78, 5) is 37.2. The van der Waals surface area contributed by atoms with Crippen LogP contribution in [0, 0.1) is 23.7 Å². The lowest BCUT2D eigenvalue weighted by Crippen LogP contribution is -2.59. The number of likely N-dealkylation sites (N-methyl/N-ethyl adjacent to an activating group) is 1. The molecule has 3 saturated heterocycles. The molecule has 0 radical (unpaired) electrons. The second kappa shape index (κ2) is 18.5. The normalized spacial score (nSPS) is 39.8. The number of esters is 1. The van der Waals surface area contributed by atoms with E-state index in [1.165, 1.54) is 0 Å². The molecule has 5 heterocycles. The van der Waals surface area contributed by atoms with Crippen molar-refractivity contribution in [2.24, 2.45) is 23.7 Å². The van der Waals surface area contributed by atoms with Crippen molar-refractivity contribution in [3.63, 3.8) is 0 Å². The fourth-order valence-electron chi connectivity index (χ4n) is 12.7. The standard InChI is InChI=1S/C50H69N3O10/c1-10-30-15-13-17-39(63-41-19-18-38(52(5)6)27(3)59-41)26(2)45(55)37-24-34-33-22-31(62-50-48(58-9)47(57-8)46(56-7)28(4)60-50)23-36(33)44-43(42(34)35(37)25-40(54)61-30)51-49-32-16-12-11-14-29(32)20-21-53(44)49/h11-12,14,16,20-21,24,26-28,30-31,33-36,38-39,41-42,46-48,50H,10,13,15,17-19,22-23,25H2,1-9H3/t26-,27?,28?,30+,31+,33+,34+,35-,36-,38+,39+,41+,42-,46+,47?,48?,50+/m1/s1. The van der Waals surface area contributed by atoms with Crippen LogP contribution in [0.3, 0.4) is 0 Å². The van der Waals surface area contributed by atoms with Gasteiger partial charge in [-0.2, -0.15) is 0 Å². The Morgan fingerprint density at radius 2 is 1.63 bits per heavy atom. The summed E-state index contributed by atoms with van der Waals surface area (Å²) in [7, 11) is 9.17. The molecule has 1 saturated carbocycles. The van der Waals surface area contributed by atoms with Gasteiger partial charge in [-0.15, -0.1) is 0 Å². The van der Waals surface area contributed by atoms with E-state index in [0.717, 1.165) is 66.3 Å². The number of carbonyl (C=O) groups is 2. The molecule has 6 aliphatic rings. The van der Waals surface area contributed by atoms with E-state index in [2.05, 4.69) is 79.8 Å². The SMILES string of the molecule is CC[C@H]1CCC[C@H](O[C@H]2CC[C@H](N(C)C)C(C)O2)[C@@H](C)C(=O)C2=C[C@H]3[C@@H]4C[C@H](O[C@@H]5OC(C)[C@H](OC)C(OC)C5OC)C[C@H]4c4c(nc5c6ccccc6ccn45)[C@H]3[C@@H]2CC(=O)O1. The number of hydrogen-bond donors (Lipinski definition) is 0. The van der Waals surface area contributed by atoms with Crippen LogP contribution in [-0.4, -0.2) is 129 Å². The Morgan fingerprint density at radius 1 is 0.857 bits per heavy atom. The van der Waals surface area contributed by atoms with E-state index < -0.39 is 24.2 Å². The maximum Gasteiger partial charge on any atom is 0.306 e. The Balaban J connectivity index is 1.09. The van der Waals surface area contributed by atoms with Crippen LogP contribution < -0.4 is 0 Å². The molecule has 2 aromatic heterocycles. The minimum Gasteiger partial charge on any atom is -0.462 e. The number of aromatic nitrogens is 2. The third-order valence-corrected chi connectivity index (χ3v) is 15.8. The number of ketones is 1. The van der Waals surface area contributed by atoms with E-state index in [-0.39, 0.29) is 90.9 Å². The fraction of sp³-hybridized carbons (Fsp3) is 0.700. The number of rotatable bonds is 9. The summed E-state index contributed by atoms with van der Waals surface area (Å²) in [5.74, 6) is -1.15. The topological polar surface area (TPSA) is 129 Å². The summed E-state index contributed by atoms with van der Waals surface area (Å²) in [5.41, 5.74) is 3.71. The van der Waals surface area contributed by atoms with Crippen LogP contribution in [0.1, 0.15) is 109 Å². The minimum atomic E-state index is -0.671. The highest BCUT2D eigenvalue weighted by atomic mass is 16.7. The van der Waals surface area contributed by atoms with Crippen molar-refractivity contribution < 1.29 is 47.5 Å². The van der Waals surface area contributed by atoms with Crippen LogP contribution in [0.15, 0.2) is 48.2 Å². The van der Waals surface area contributed by atoms with E-state index in [4.69, 9.17) is 42.9 Å². The molecule has 9 rings (SSSR count). The van der Waals surface area contributed by atoms with Crippen LogP contribution in [0.4, 0.5) is 0 Å². The highest BCUT2D eigenvalue weighted by molar-refractivity contribution is 5.99. The summed E-state index contributed by atoms with van der Waals surface area (Å²) < 4.78 is 53.1. The molecule has 4 fully saturated rings. The monoisotopic (exact) mass is 871 g/mol. The summed E-state index contributed by atoms with van der Waals surface area (Å²) in [6.07, 6.45) is 7.29. The number of allylic oxidation sites excluding steroid dienone is 2. The molecule has 63 heavy (non-hydrogen) atoms. The van der Waals surface area contributed by atoms with Gasteiger partial charge in [0.05, 0.1) is 36.5 Å². The van der Waals surface area contributed by atoms with Crippen LogP contribution in [-0.2, 0) is 47.5 Å². The van der Waals surface area contributed by atoms with Crippen LogP contribution >= 0.6 is 0 Å². The van der Waals surface area contributed by atoms with Gasteiger partial charge in [-0.25, -0.2) is 4.98 Å². The van der Waals surface area contributed by atoms with Crippen LogP contribution in [0.2, 0.25) is 0 Å². The second-order valence-corrected chi connectivity index (χ2v) is 19.5. The van der Waals surface area contributed by atoms with E-state index in [9.17, 15) is 4.79 Å². The summed E-state index contributed by atoms with van der Waals surface area (Å²) in [6, 6.07) is 10.8. The summed E-state index contributed by atoms with van der Waals surface area (Å²) >= 11 is 0. The van der Waals surface area contributed by atoms with Gasteiger partial charge in [0.15, 0.2) is 18.4 Å². The number of fused-ring (bicyclic) bond motifs is 12. The first-order valence-corrected chi connectivity index (χ1v) is 23.7. The number of hydrogen-bond acceptors (Lipinski definition) is 12. The molecule has 13 heteroatoms. The highest BCUT2D eigenvalue weighted by Crippen LogP contribution is 2.61. The molecular weight excluding hydrogens is 803 g/mol. The van der Waals surface area contributed by atoms with E-state index in [0.29, 0.717) is 24.5 Å². The number of nitrogens with zero attached hydrogens (tertiary/aromatic N) is 3. The van der Waals surface area contributed by atoms with Crippen molar-refractivity contribution in [3.8, 4) is 0 Å². The van der Waals surface area contributed by atoms with Gasteiger partial charge >= 0.3 is 5.97 Å². The van der Waals surface area contributed by atoms with Gasteiger partial charge < -0.3 is 47.2 Å². The molecule has 0 amide bonds. The molecule has 1 aromatic carbocycles. The summed E-state index contributed by atoms with van der Waals surface area (Å²) in [5, 5.41) is 2.17. The molecule has 4 unspecified atom stereocenters. The number of carbonyl (C=O) groups excluding carboxylic acids is 2. The molecule has 0 bridgehead atoms. The Labute approximate surface area is 372 Å². The van der Waals surface area contributed by atoms with Gasteiger partial charge in [0.25, 0.3) is 0 Å². The van der Waals surface area contributed by atoms with Gasteiger partial charge in [-0.3, -0.25) is 9.59 Å². The van der Waals surface area contributed by atoms with Crippen molar-refractivity contribution in [2.75, 3.05) is 35.4 Å². The zero-order valence-corrected chi connectivity index (χ0v) is 38.6. The van der Waals surface area contributed by atoms with Crippen molar-refractivity contribution in [2.45, 2.75) is 165 Å². The molecule has 3 aliphatic heterocycles. The van der Waals surface area contributed by atoms with Gasteiger partial charge in [0, 0.05) is 68.3 Å². The molecule has 0 spiro atoms. The fourth-order valence-corrected chi connectivity index (χ4v) is 12.7. The zero-order valence-electron chi connectivity index (χ0n) is 38.6. The van der Waals surface area contributed by atoms with Crippen molar-refractivity contribution in [1.29, 1.82) is 0 Å². The van der Waals surface area contributed by atoms with E-state index in [1.54, 1.807) is 21.3 Å². The lowest BCUT2D eigenvalue weighted by atomic mass is 9.66. The Morgan fingerprint density at radius 3 is 2.37 bits per heavy atom. The third-order valence-electron chi connectivity index (χ3n) is 15.8. The molecule has 17 atom stereocenters. The second-order valence-electron chi connectivity index (χ2n) is 19.5. The minimum absolute atomic E-state index is 0.00554. The molecule has 0 N–H and O–H groups in total. The average molecular weight is 872 g/mol. The van der Waals surface area contributed by atoms with Gasteiger partial charge in [0.1, 0.15) is 30.1 Å². The number of ether oxygens (including phenoxy) is 8. The Kier molecular flexibility index (Phi) is 13.2. The number of Topliss-reactive ketones (excluding diaryl/α,β-unsaturated/α-hetero) is 1. The van der Waals surface area contributed by atoms with E-state index >= 15 is 4.79 Å². The molecule has 13 nitrogen and oxygen atoms in total. The predicted octanol–water partition coefficient (Wildman–Crippen LogP) is 7.37. The van der Waals surface area contributed by atoms with Crippen LogP contribution in [0.5, 0.6) is 0 Å². The number of cyclic esters (lactones) is 1. The maximum absolute atomic E-state index is 15.3. The van der Waals surface area contributed by atoms with Crippen LogP contribution in [0.25, 0.3) is 16.4 Å². The molecule has 3 aromatic rings. The maximum atomic E-state index is 15.3. The lowest BCUT2D eigenvalue weighted by Gasteiger charge is -2.44. The molecular formula is C50H69N3O10. The Bertz CT molecular complexity index is 2160. The van der Waals surface area contributed by atoms with Gasteiger partial charge in [0.2, 0.25) is 0 Å². The first-order valence-electron chi connectivity index (χ1n) is 23.7. The van der Waals surface area contributed by atoms with Crippen molar-refractivity contribution >= 4 is 28.2 Å². The molecule has 344 valence electrons. The average Bonchev–Trinajstić information content (AvgIpc) is 3.98. The number of imidazole rings is 1. The lowest BCUT2D eigenvalue weighted by molar-refractivity contribution is -0.314. The predicted molar refractivity (Wildman–Crippen MR) is 236 cm³/mol. The Hall–Kier alpha value is -3.27. The number of benzene rings is 1. The van der Waals surface area contributed by atoms with Crippen molar-refractivity contribution in [1.82, 2.24) is 14.3 Å². The molecule has 3 aliphatic carbocycles. The zero-order chi connectivity index (χ0) is 44.3. The number of pyridine rings is 1. The quantitative estimate of drug-likeness (QED) is 0.199. The largest absolute Gasteiger partial charge is 0.462 e. The smallest absolute Gasteiger partial charge is 0.306 e. The number of methoxy groups -OCH3 is 3. The first-order chi connectivity index (χ1) is 30.4. The van der Waals surface area contributed by atoms with Gasteiger partial charge in [-0.1, -0.05) is 44.2 Å².